The van der Waals surface area contributed by atoms with Crippen LogP contribution in [0.5, 0.6) is 0 Å². The summed E-state index contributed by atoms with van der Waals surface area (Å²) < 4.78 is 0. The highest BCUT2D eigenvalue weighted by Gasteiger charge is 2.65. The number of aliphatic hydroxyl groups is 1. The average Bonchev–Trinajstić information content (AvgIpc) is 2.97. The summed E-state index contributed by atoms with van der Waals surface area (Å²) in [6.07, 6.45) is 7.11. The zero-order valence-electron chi connectivity index (χ0n) is 9.65. The molecule has 86 valence electrons. The molecule has 1 aromatic carbocycles. The maximum absolute atomic E-state index is 10.9. The highest BCUT2D eigenvalue weighted by Crippen LogP contribution is 2.65. The van der Waals surface area contributed by atoms with Gasteiger partial charge in [-0.25, -0.2) is 0 Å². The van der Waals surface area contributed by atoms with Gasteiger partial charge in [0.15, 0.2) is 0 Å². The van der Waals surface area contributed by atoms with Gasteiger partial charge in [-0.1, -0.05) is 31.0 Å². The number of rotatable bonds is 2. The van der Waals surface area contributed by atoms with Crippen molar-refractivity contribution in [2.75, 3.05) is 6.26 Å². The monoisotopic (exact) mass is 234 g/mol. The van der Waals surface area contributed by atoms with Crippen molar-refractivity contribution in [3.05, 3.63) is 29.8 Å². The lowest BCUT2D eigenvalue weighted by atomic mass is 10.0. The lowest BCUT2D eigenvalue weighted by Gasteiger charge is -2.15. The summed E-state index contributed by atoms with van der Waals surface area (Å²) in [7, 11) is 0. The molecule has 0 amide bonds. The molecule has 2 aliphatic carbocycles. The van der Waals surface area contributed by atoms with E-state index in [1.54, 1.807) is 11.8 Å². The molecule has 0 spiro atoms. The van der Waals surface area contributed by atoms with E-state index in [1.165, 1.54) is 36.1 Å². The number of thioether (sulfide) groups is 1. The average molecular weight is 234 g/mol. The Labute approximate surface area is 101 Å². The van der Waals surface area contributed by atoms with E-state index < -0.39 is 5.60 Å². The van der Waals surface area contributed by atoms with Gasteiger partial charge in [0.05, 0.1) is 5.60 Å². The van der Waals surface area contributed by atoms with Crippen LogP contribution in [0.3, 0.4) is 0 Å². The Kier molecular flexibility index (Phi) is 2.52. The smallest absolute Gasteiger partial charge is 0.0970 e. The molecule has 0 radical (unpaired) electrons. The van der Waals surface area contributed by atoms with Gasteiger partial charge in [-0.05, 0) is 42.6 Å². The van der Waals surface area contributed by atoms with Gasteiger partial charge >= 0.3 is 0 Å². The summed E-state index contributed by atoms with van der Waals surface area (Å²) in [4.78, 5) is 1.25. The van der Waals surface area contributed by atoms with Crippen molar-refractivity contribution in [2.45, 2.75) is 36.2 Å². The minimum atomic E-state index is -0.490. The van der Waals surface area contributed by atoms with Crippen molar-refractivity contribution < 1.29 is 5.11 Å². The molecule has 2 heteroatoms. The molecule has 1 aromatic rings. The summed E-state index contributed by atoms with van der Waals surface area (Å²) in [5.41, 5.74) is 0.690. The molecular weight excluding hydrogens is 216 g/mol. The van der Waals surface area contributed by atoms with Crippen LogP contribution in [0.4, 0.5) is 0 Å². The van der Waals surface area contributed by atoms with E-state index in [0.717, 1.165) is 0 Å². The SMILES string of the molecule is CSc1ccccc1C1(O)C2CCCCC21. The second kappa shape index (κ2) is 3.78. The van der Waals surface area contributed by atoms with Crippen LogP contribution in [-0.4, -0.2) is 11.4 Å². The fraction of sp³-hybridized carbons (Fsp3) is 0.571. The third kappa shape index (κ3) is 1.36. The summed E-state index contributed by atoms with van der Waals surface area (Å²) >= 11 is 1.75. The van der Waals surface area contributed by atoms with E-state index in [1.807, 2.05) is 0 Å². The number of hydrogen-bond acceptors (Lipinski definition) is 2. The first-order valence-corrected chi connectivity index (χ1v) is 7.37. The van der Waals surface area contributed by atoms with Crippen LogP contribution in [0, 0.1) is 11.8 Å². The molecule has 2 aliphatic rings. The van der Waals surface area contributed by atoms with Crippen LogP contribution in [0.25, 0.3) is 0 Å². The van der Waals surface area contributed by atoms with Crippen molar-refractivity contribution in [3.63, 3.8) is 0 Å². The van der Waals surface area contributed by atoms with E-state index in [9.17, 15) is 5.11 Å². The maximum Gasteiger partial charge on any atom is 0.0970 e. The second-order valence-corrected chi connectivity index (χ2v) is 5.87. The van der Waals surface area contributed by atoms with Crippen molar-refractivity contribution in [1.29, 1.82) is 0 Å². The maximum atomic E-state index is 10.9. The highest BCUT2D eigenvalue weighted by atomic mass is 32.2. The molecule has 0 heterocycles. The van der Waals surface area contributed by atoms with E-state index in [-0.39, 0.29) is 0 Å². The first kappa shape index (κ1) is 10.7. The van der Waals surface area contributed by atoms with E-state index in [4.69, 9.17) is 0 Å². The molecule has 16 heavy (non-hydrogen) atoms. The third-order valence-corrected chi connectivity index (χ3v) is 5.12. The van der Waals surface area contributed by atoms with E-state index >= 15 is 0 Å². The summed E-state index contributed by atoms with van der Waals surface area (Å²) in [6.45, 7) is 0. The minimum absolute atomic E-state index is 0.490. The van der Waals surface area contributed by atoms with Crippen molar-refractivity contribution in [2.24, 2.45) is 11.8 Å². The van der Waals surface area contributed by atoms with E-state index in [0.29, 0.717) is 11.8 Å². The third-order valence-electron chi connectivity index (χ3n) is 4.33. The normalized spacial score (nSPS) is 36.9. The highest BCUT2D eigenvalue weighted by molar-refractivity contribution is 7.98. The molecule has 1 nitrogen and oxygen atoms in total. The molecule has 2 fully saturated rings. The minimum Gasteiger partial charge on any atom is -0.385 e. The molecule has 1 N–H and O–H groups in total. The van der Waals surface area contributed by atoms with Gasteiger partial charge in [-0.2, -0.15) is 0 Å². The van der Waals surface area contributed by atoms with Crippen LogP contribution >= 0.6 is 11.8 Å². The first-order valence-electron chi connectivity index (χ1n) is 6.14. The lowest BCUT2D eigenvalue weighted by molar-refractivity contribution is 0.115. The Morgan fingerprint density at radius 2 is 1.81 bits per heavy atom. The number of fused-ring (bicyclic) bond motifs is 1. The second-order valence-electron chi connectivity index (χ2n) is 5.02. The zero-order valence-corrected chi connectivity index (χ0v) is 10.5. The van der Waals surface area contributed by atoms with Crippen LogP contribution < -0.4 is 0 Å². The van der Waals surface area contributed by atoms with Crippen LogP contribution in [-0.2, 0) is 5.60 Å². The Morgan fingerprint density at radius 1 is 1.19 bits per heavy atom. The fourth-order valence-electron chi connectivity index (χ4n) is 3.47. The summed E-state index contributed by atoms with van der Waals surface area (Å²) in [6, 6.07) is 8.36. The lowest BCUT2D eigenvalue weighted by Crippen LogP contribution is -2.11. The van der Waals surface area contributed by atoms with Gasteiger partial charge in [0, 0.05) is 4.90 Å². The van der Waals surface area contributed by atoms with Gasteiger partial charge in [-0.15, -0.1) is 11.8 Å². The fourth-order valence-corrected chi connectivity index (χ4v) is 4.13. The first-order chi connectivity index (χ1) is 7.78. The van der Waals surface area contributed by atoms with Gasteiger partial charge in [0.1, 0.15) is 0 Å². The Morgan fingerprint density at radius 3 is 2.44 bits per heavy atom. The van der Waals surface area contributed by atoms with Gasteiger partial charge in [0.25, 0.3) is 0 Å². The predicted octanol–water partition coefficient (Wildman–Crippen LogP) is 3.42. The largest absolute Gasteiger partial charge is 0.385 e. The Bertz CT molecular complexity index is 389. The molecule has 0 aliphatic heterocycles. The standard InChI is InChI=1S/C14H18OS/c1-16-13-9-5-4-8-12(13)14(15)10-6-2-3-7-11(10)14/h4-5,8-11,15H,2-3,6-7H2,1H3. The van der Waals surface area contributed by atoms with E-state index in [2.05, 4.69) is 30.5 Å². The molecule has 0 aromatic heterocycles. The predicted molar refractivity (Wildman–Crippen MR) is 67.6 cm³/mol. The van der Waals surface area contributed by atoms with Gasteiger partial charge < -0.3 is 5.11 Å². The van der Waals surface area contributed by atoms with Crippen LogP contribution in [0.2, 0.25) is 0 Å². The zero-order chi connectivity index (χ0) is 11.2. The van der Waals surface area contributed by atoms with Crippen molar-refractivity contribution >= 4 is 11.8 Å². The molecule has 2 atom stereocenters. The summed E-state index contributed by atoms with van der Waals surface area (Å²) in [5, 5.41) is 10.9. The number of hydrogen-bond donors (Lipinski definition) is 1. The molecule has 2 unspecified atom stereocenters. The number of benzene rings is 1. The molecular formula is C14H18OS. The Balaban J connectivity index is 1.98. The van der Waals surface area contributed by atoms with Crippen LogP contribution in [0.1, 0.15) is 31.2 Å². The van der Waals surface area contributed by atoms with Gasteiger partial charge in [0.2, 0.25) is 0 Å². The van der Waals surface area contributed by atoms with Crippen LogP contribution in [0.15, 0.2) is 29.2 Å². The molecule has 3 rings (SSSR count). The Hall–Kier alpha value is -0.470. The molecule has 0 bridgehead atoms. The van der Waals surface area contributed by atoms with Crippen molar-refractivity contribution in [3.8, 4) is 0 Å². The quantitative estimate of drug-likeness (QED) is 0.791. The summed E-state index contributed by atoms with van der Waals surface area (Å²) in [5.74, 6) is 1.07. The molecule has 2 saturated carbocycles. The van der Waals surface area contributed by atoms with Crippen molar-refractivity contribution in [1.82, 2.24) is 0 Å². The van der Waals surface area contributed by atoms with Gasteiger partial charge in [-0.3, -0.25) is 0 Å². The topological polar surface area (TPSA) is 20.2 Å². The molecule has 0 saturated heterocycles.